The van der Waals surface area contributed by atoms with Gasteiger partial charge in [-0.25, -0.2) is 12.8 Å². The van der Waals surface area contributed by atoms with Crippen LogP contribution in [-0.2, 0) is 10.0 Å². The number of benzene rings is 1. The molecule has 2 rings (SSSR count). The van der Waals surface area contributed by atoms with Gasteiger partial charge in [0.25, 0.3) is 10.0 Å². The van der Waals surface area contributed by atoms with Gasteiger partial charge in [-0.2, -0.15) is 5.10 Å². The average Bonchev–Trinajstić information content (AvgIpc) is 2.77. The fourth-order valence-corrected chi connectivity index (χ4v) is 2.32. The molecule has 0 unspecified atom stereocenters. The van der Waals surface area contributed by atoms with E-state index in [4.69, 9.17) is 0 Å². The number of hydrogen-bond donors (Lipinski definition) is 2. The van der Waals surface area contributed by atoms with E-state index in [1.807, 2.05) is 0 Å². The van der Waals surface area contributed by atoms with Gasteiger partial charge in [-0.1, -0.05) is 6.07 Å². The Labute approximate surface area is 97.7 Å². The van der Waals surface area contributed by atoms with E-state index in [2.05, 4.69) is 14.9 Å². The van der Waals surface area contributed by atoms with Crippen LogP contribution in [0.5, 0.6) is 0 Å². The highest BCUT2D eigenvalue weighted by molar-refractivity contribution is 7.92. The molecule has 0 aliphatic carbocycles. The number of aromatic nitrogens is 2. The molecule has 1 aromatic heterocycles. The number of anilines is 1. The zero-order valence-corrected chi connectivity index (χ0v) is 9.75. The molecule has 5 nitrogen and oxygen atoms in total. The van der Waals surface area contributed by atoms with Crippen LogP contribution in [0.4, 0.5) is 10.1 Å². The van der Waals surface area contributed by atoms with Crippen LogP contribution in [0.3, 0.4) is 0 Å². The Morgan fingerprint density at radius 3 is 2.82 bits per heavy atom. The molecule has 0 spiro atoms. The minimum atomic E-state index is -3.72. The van der Waals surface area contributed by atoms with Crippen molar-refractivity contribution in [2.75, 3.05) is 4.72 Å². The summed E-state index contributed by atoms with van der Waals surface area (Å²) in [5.41, 5.74) is 0.852. The molecule has 2 aromatic rings. The molecule has 0 bridgehead atoms. The second kappa shape index (κ2) is 4.17. The van der Waals surface area contributed by atoms with Crippen molar-refractivity contribution in [1.29, 1.82) is 0 Å². The Balaban J connectivity index is 2.36. The zero-order chi connectivity index (χ0) is 12.5. The molecule has 0 aliphatic heterocycles. The Morgan fingerprint density at radius 2 is 2.18 bits per heavy atom. The predicted octanol–water partition coefficient (Wildman–Crippen LogP) is 1.66. The Bertz CT molecular complexity index is 623. The third kappa shape index (κ3) is 2.44. The Kier molecular flexibility index (Phi) is 2.84. The van der Waals surface area contributed by atoms with Crippen LogP contribution >= 0.6 is 0 Å². The number of nitrogens with one attached hydrogen (secondary N) is 2. The monoisotopic (exact) mass is 255 g/mol. The smallest absolute Gasteiger partial charge is 0.265 e. The van der Waals surface area contributed by atoms with E-state index in [0.29, 0.717) is 5.56 Å². The normalized spacial score (nSPS) is 11.4. The van der Waals surface area contributed by atoms with Crippen LogP contribution in [0.25, 0.3) is 0 Å². The van der Waals surface area contributed by atoms with Gasteiger partial charge >= 0.3 is 0 Å². The number of aryl methyl sites for hydroxylation is 1. The highest BCUT2D eigenvalue weighted by atomic mass is 32.2. The summed E-state index contributed by atoms with van der Waals surface area (Å²) < 4.78 is 39.0. The van der Waals surface area contributed by atoms with Crippen LogP contribution in [0.2, 0.25) is 0 Å². The predicted molar refractivity (Wildman–Crippen MR) is 60.5 cm³/mol. The fraction of sp³-hybridized carbons (Fsp3) is 0.100. The van der Waals surface area contributed by atoms with E-state index in [1.165, 1.54) is 24.5 Å². The summed E-state index contributed by atoms with van der Waals surface area (Å²) in [6.07, 6.45) is 2.42. The van der Waals surface area contributed by atoms with E-state index < -0.39 is 15.8 Å². The third-order valence-electron chi connectivity index (χ3n) is 2.23. The molecule has 2 N–H and O–H groups in total. The molecular weight excluding hydrogens is 245 g/mol. The van der Waals surface area contributed by atoms with E-state index in [1.54, 1.807) is 6.92 Å². The summed E-state index contributed by atoms with van der Waals surface area (Å²) in [6.45, 7) is 1.69. The molecule has 0 atom stereocenters. The molecular formula is C10H10FN3O2S. The SMILES string of the molecule is Cc1ccc(F)cc1NS(=O)(=O)c1cn[nH]c1. The van der Waals surface area contributed by atoms with Crippen LogP contribution in [0.15, 0.2) is 35.5 Å². The number of rotatable bonds is 3. The molecule has 0 saturated carbocycles. The van der Waals surface area contributed by atoms with Gasteiger partial charge in [0.05, 0.1) is 11.9 Å². The van der Waals surface area contributed by atoms with Gasteiger partial charge in [-0.15, -0.1) is 0 Å². The first-order valence-corrected chi connectivity index (χ1v) is 6.25. The molecule has 0 fully saturated rings. The Morgan fingerprint density at radius 1 is 1.41 bits per heavy atom. The lowest BCUT2D eigenvalue weighted by molar-refractivity contribution is 0.601. The van der Waals surface area contributed by atoms with Crippen LogP contribution in [0.1, 0.15) is 5.56 Å². The van der Waals surface area contributed by atoms with Crippen molar-refractivity contribution in [2.45, 2.75) is 11.8 Å². The van der Waals surface area contributed by atoms with Gasteiger partial charge < -0.3 is 0 Å². The minimum Gasteiger partial charge on any atom is -0.284 e. The standard InChI is InChI=1S/C10H10FN3O2S/c1-7-2-3-8(11)4-10(7)14-17(15,16)9-5-12-13-6-9/h2-6,14H,1H3,(H,12,13). The van der Waals surface area contributed by atoms with Gasteiger partial charge in [0, 0.05) is 6.20 Å². The second-order valence-electron chi connectivity index (χ2n) is 3.50. The van der Waals surface area contributed by atoms with Gasteiger partial charge in [0.2, 0.25) is 0 Å². The molecule has 0 saturated heterocycles. The molecule has 0 radical (unpaired) electrons. The Hall–Kier alpha value is -1.89. The number of aromatic amines is 1. The maximum absolute atomic E-state index is 13.0. The number of hydrogen-bond acceptors (Lipinski definition) is 3. The van der Waals surface area contributed by atoms with Crippen molar-refractivity contribution >= 4 is 15.7 Å². The van der Waals surface area contributed by atoms with Crippen LogP contribution < -0.4 is 4.72 Å². The van der Waals surface area contributed by atoms with Gasteiger partial charge in [0.1, 0.15) is 10.7 Å². The highest BCUT2D eigenvalue weighted by Crippen LogP contribution is 2.19. The number of nitrogens with zero attached hydrogens (tertiary/aromatic N) is 1. The molecule has 90 valence electrons. The summed E-state index contributed by atoms with van der Waals surface area (Å²) >= 11 is 0. The van der Waals surface area contributed by atoms with E-state index in [-0.39, 0.29) is 10.6 Å². The van der Waals surface area contributed by atoms with Crippen LogP contribution in [-0.4, -0.2) is 18.6 Å². The number of H-pyrrole nitrogens is 1. The van der Waals surface area contributed by atoms with Crippen molar-refractivity contribution in [2.24, 2.45) is 0 Å². The molecule has 1 aromatic carbocycles. The lowest BCUT2D eigenvalue weighted by Gasteiger charge is -2.08. The quantitative estimate of drug-likeness (QED) is 0.875. The molecule has 1 heterocycles. The summed E-state index contributed by atoms with van der Waals surface area (Å²) in [5, 5.41) is 5.96. The van der Waals surface area contributed by atoms with E-state index in [9.17, 15) is 12.8 Å². The molecule has 7 heteroatoms. The van der Waals surface area contributed by atoms with Crippen molar-refractivity contribution in [1.82, 2.24) is 10.2 Å². The number of sulfonamides is 1. The van der Waals surface area contributed by atoms with Crippen molar-refractivity contribution in [3.63, 3.8) is 0 Å². The summed E-state index contributed by atoms with van der Waals surface area (Å²) in [7, 11) is -3.72. The molecule has 0 aliphatic rings. The fourth-order valence-electron chi connectivity index (χ4n) is 1.29. The summed E-state index contributed by atoms with van der Waals surface area (Å²) in [5.74, 6) is -0.500. The third-order valence-corrected chi connectivity index (χ3v) is 3.56. The van der Waals surface area contributed by atoms with E-state index in [0.717, 1.165) is 6.07 Å². The summed E-state index contributed by atoms with van der Waals surface area (Å²) in [6, 6.07) is 3.90. The van der Waals surface area contributed by atoms with Crippen molar-refractivity contribution in [3.05, 3.63) is 42.0 Å². The maximum atomic E-state index is 13.0. The van der Waals surface area contributed by atoms with Gasteiger partial charge in [-0.3, -0.25) is 9.82 Å². The van der Waals surface area contributed by atoms with Crippen molar-refractivity contribution < 1.29 is 12.8 Å². The molecule has 0 amide bonds. The topological polar surface area (TPSA) is 74.8 Å². The minimum absolute atomic E-state index is 0.00108. The highest BCUT2D eigenvalue weighted by Gasteiger charge is 2.16. The lowest BCUT2D eigenvalue weighted by atomic mass is 10.2. The number of halogens is 1. The lowest BCUT2D eigenvalue weighted by Crippen LogP contribution is -2.13. The van der Waals surface area contributed by atoms with Crippen molar-refractivity contribution in [3.8, 4) is 0 Å². The van der Waals surface area contributed by atoms with Gasteiger partial charge in [0.15, 0.2) is 0 Å². The first-order valence-electron chi connectivity index (χ1n) is 4.77. The average molecular weight is 255 g/mol. The van der Waals surface area contributed by atoms with E-state index >= 15 is 0 Å². The largest absolute Gasteiger partial charge is 0.284 e. The zero-order valence-electron chi connectivity index (χ0n) is 8.94. The van der Waals surface area contributed by atoms with Crippen LogP contribution in [0, 0.1) is 12.7 Å². The first-order chi connectivity index (χ1) is 7.99. The maximum Gasteiger partial charge on any atom is 0.265 e. The first kappa shape index (κ1) is 11.6. The van der Waals surface area contributed by atoms with Gasteiger partial charge in [-0.05, 0) is 24.6 Å². The summed E-state index contributed by atoms with van der Waals surface area (Å²) in [4.78, 5) is 0.00108. The second-order valence-corrected chi connectivity index (χ2v) is 5.18. The molecule has 17 heavy (non-hydrogen) atoms.